The molecule has 4 heterocycles. The van der Waals surface area contributed by atoms with E-state index in [1.54, 1.807) is 13.0 Å². The number of anilines is 1. The van der Waals surface area contributed by atoms with Gasteiger partial charge in [0.05, 0.1) is 24.9 Å². The third-order valence-corrected chi connectivity index (χ3v) is 11.6. The van der Waals surface area contributed by atoms with Gasteiger partial charge in [-0.25, -0.2) is 0 Å². The zero-order chi connectivity index (χ0) is 35.6. The summed E-state index contributed by atoms with van der Waals surface area (Å²) < 4.78 is 32.5. The summed E-state index contributed by atoms with van der Waals surface area (Å²) in [6, 6.07) is 7.98. The Hall–Kier alpha value is -2.79. The summed E-state index contributed by atoms with van der Waals surface area (Å²) in [6.07, 6.45) is 12.7. The number of carbonyl (C=O) groups is 1. The van der Waals surface area contributed by atoms with Gasteiger partial charge in [0.25, 0.3) is 0 Å². The fraction of sp³-hybridized carbons (Fsp3) is 0.634. The summed E-state index contributed by atoms with van der Waals surface area (Å²) in [7, 11) is 0. The molecule has 5 aliphatic rings. The second-order valence-corrected chi connectivity index (χ2v) is 15.4. The van der Waals surface area contributed by atoms with E-state index in [4.69, 9.17) is 29.4 Å². The Bertz CT molecular complexity index is 1480. The topological polar surface area (TPSA) is 130 Å². The van der Waals surface area contributed by atoms with Gasteiger partial charge in [-0.3, -0.25) is 4.79 Å². The average molecular weight is 692 g/mol. The number of esters is 1. The molecule has 2 bridgehead atoms. The fourth-order valence-electron chi connectivity index (χ4n) is 8.62. The Balaban J connectivity index is 1.31. The maximum atomic E-state index is 14.1. The molecule has 4 N–H and O–H groups in total. The molecule has 6 rings (SSSR count). The average Bonchev–Trinajstić information content (AvgIpc) is 3.43. The van der Waals surface area contributed by atoms with Crippen LogP contribution in [0.3, 0.4) is 0 Å². The summed E-state index contributed by atoms with van der Waals surface area (Å²) in [6.45, 7) is 11.0. The second-order valence-electron chi connectivity index (χ2n) is 15.4. The van der Waals surface area contributed by atoms with Gasteiger partial charge in [0.2, 0.25) is 0 Å². The van der Waals surface area contributed by atoms with E-state index in [0.717, 1.165) is 43.4 Å². The molecule has 0 unspecified atom stereocenters. The molecule has 0 aromatic heterocycles. The molecular weight excluding hydrogens is 634 g/mol. The van der Waals surface area contributed by atoms with E-state index in [0.29, 0.717) is 42.9 Å². The van der Waals surface area contributed by atoms with Crippen molar-refractivity contribution in [1.29, 1.82) is 0 Å². The number of aryl methyl sites for hydroxylation is 1. The highest BCUT2D eigenvalue weighted by Gasteiger charge is 2.60. The van der Waals surface area contributed by atoms with Crippen molar-refractivity contribution in [3.05, 3.63) is 76.9 Å². The van der Waals surface area contributed by atoms with Gasteiger partial charge >= 0.3 is 5.97 Å². The lowest BCUT2D eigenvalue weighted by Crippen LogP contribution is -2.58. The number of benzene rings is 1. The Morgan fingerprint density at radius 3 is 2.62 bits per heavy atom. The van der Waals surface area contributed by atoms with E-state index in [1.165, 1.54) is 5.56 Å². The number of aliphatic hydroxyl groups excluding tert-OH is 1. The smallest absolute Gasteiger partial charge is 0.316 e. The van der Waals surface area contributed by atoms with Crippen LogP contribution in [0.1, 0.15) is 85.1 Å². The van der Waals surface area contributed by atoms with E-state index in [1.807, 2.05) is 24.3 Å². The molecule has 9 nitrogen and oxygen atoms in total. The predicted molar refractivity (Wildman–Crippen MR) is 192 cm³/mol. The summed E-state index contributed by atoms with van der Waals surface area (Å²) in [5.41, 5.74) is 8.32. The Morgan fingerprint density at radius 2 is 1.86 bits per heavy atom. The zero-order valence-corrected chi connectivity index (χ0v) is 30.4. The molecule has 0 saturated carbocycles. The van der Waals surface area contributed by atoms with E-state index in [-0.39, 0.29) is 30.8 Å². The van der Waals surface area contributed by atoms with Crippen molar-refractivity contribution in [1.82, 2.24) is 0 Å². The molecular formula is C41H57NO8. The number of ether oxygens (including phenoxy) is 5. The minimum absolute atomic E-state index is 0.0000167. The zero-order valence-electron chi connectivity index (χ0n) is 30.4. The van der Waals surface area contributed by atoms with Gasteiger partial charge in [0.15, 0.2) is 5.79 Å². The molecule has 1 aromatic carbocycles. The van der Waals surface area contributed by atoms with Crippen LogP contribution in [0.4, 0.5) is 5.69 Å². The lowest BCUT2D eigenvalue weighted by Gasteiger charge is -2.50. The maximum Gasteiger partial charge on any atom is 0.316 e. The van der Waals surface area contributed by atoms with Gasteiger partial charge in [0, 0.05) is 37.5 Å². The molecule has 50 heavy (non-hydrogen) atoms. The number of carbonyl (C=O) groups excluding carboxylic acids is 1. The highest BCUT2D eigenvalue weighted by molar-refractivity contribution is 5.78. The lowest BCUT2D eigenvalue weighted by molar-refractivity contribution is -0.335. The van der Waals surface area contributed by atoms with Crippen molar-refractivity contribution in [3.8, 4) is 0 Å². The van der Waals surface area contributed by atoms with Gasteiger partial charge in [-0.05, 0) is 86.3 Å². The number of aliphatic hydroxyl groups is 2. The molecule has 1 aliphatic carbocycles. The molecule has 9 heteroatoms. The largest absolute Gasteiger partial charge is 0.462 e. The molecule has 0 radical (unpaired) electrons. The number of nitrogens with two attached hydrogens (primary N) is 1. The Morgan fingerprint density at radius 1 is 1.08 bits per heavy atom. The maximum absolute atomic E-state index is 14.1. The molecule has 0 amide bonds. The van der Waals surface area contributed by atoms with Crippen molar-refractivity contribution in [2.75, 3.05) is 18.9 Å². The number of fused-ring (bicyclic) bond motifs is 2. The van der Waals surface area contributed by atoms with Crippen LogP contribution >= 0.6 is 0 Å². The van der Waals surface area contributed by atoms with Crippen LogP contribution in [0, 0.1) is 17.8 Å². The van der Waals surface area contributed by atoms with Gasteiger partial charge in [-0.1, -0.05) is 63.3 Å². The molecule has 1 aromatic rings. The Labute approximate surface area is 297 Å². The summed E-state index contributed by atoms with van der Waals surface area (Å²) in [5.74, 6) is -2.00. The minimum Gasteiger partial charge on any atom is -0.462 e. The highest BCUT2D eigenvalue weighted by Crippen LogP contribution is 2.47. The molecule has 4 aliphatic heterocycles. The third kappa shape index (κ3) is 7.69. The predicted octanol–water partition coefficient (Wildman–Crippen LogP) is 6.13. The van der Waals surface area contributed by atoms with E-state index in [2.05, 4.69) is 52.0 Å². The molecule has 1 spiro atoms. The first-order valence-corrected chi connectivity index (χ1v) is 18.7. The highest BCUT2D eigenvalue weighted by atomic mass is 16.7. The third-order valence-electron chi connectivity index (χ3n) is 11.6. The van der Waals surface area contributed by atoms with E-state index in [9.17, 15) is 15.0 Å². The summed E-state index contributed by atoms with van der Waals surface area (Å²) in [5, 5.41) is 23.4. The number of nitrogen functional groups attached to an aromatic ring is 1. The quantitative estimate of drug-likeness (QED) is 0.140. The van der Waals surface area contributed by atoms with Gasteiger partial charge in [-0.15, -0.1) is 0 Å². The summed E-state index contributed by atoms with van der Waals surface area (Å²) in [4.78, 5) is 14.1. The van der Waals surface area contributed by atoms with Crippen LogP contribution < -0.4 is 5.73 Å². The number of allylic oxidation sites excluding steroid dienone is 2. The monoisotopic (exact) mass is 691 g/mol. The van der Waals surface area contributed by atoms with Crippen LogP contribution in [0.15, 0.2) is 71.4 Å². The van der Waals surface area contributed by atoms with Gasteiger partial charge in [-0.2, -0.15) is 0 Å². The van der Waals surface area contributed by atoms with Crippen LogP contribution in [-0.2, 0) is 34.9 Å². The molecule has 3 saturated heterocycles. The van der Waals surface area contributed by atoms with Gasteiger partial charge < -0.3 is 39.6 Å². The van der Waals surface area contributed by atoms with Gasteiger partial charge in [0.1, 0.15) is 29.8 Å². The SMILES string of the molecule is CC[C@H]1O[C@]2(CC[C@@H]1C)C[C@@H]1C[C@@H](C/C=C(\C)[C@H](OCCCc3ccc(N)cc3)[C@@H](C)/C=C/C=C3\CO[C@@H]4[C@H](O)C(C)=C[C@@H](C(=O)O1)[C@]34O)O2. The van der Waals surface area contributed by atoms with Crippen LogP contribution in [0.25, 0.3) is 0 Å². The minimum atomic E-state index is -1.75. The van der Waals surface area contributed by atoms with Crippen molar-refractivity contribution < 1.29 is 38.7 Å². The van der Waals surface area contributed by atoms with E-state index < -0.39 is 41.6 Å². The molecule has 11 atom stereocenters. The van der Waals surface area contributed by atoms with Crippen LogP contribution in [0.2, 0.25) is 0 Å². The van der Waals surface area contributed by atoms with Crippen molar-refractivity contribution in [3.63, 3.8) is 0 Å². The van der Waals surface area contributed by atoms with E-state index >= 15 is 0 Å². The first kappa shape index (κ1) is 37.0. The normalized spacial score (nSPS) is 42.0. The molecule has 3 fully saturated rings. The standard InChI is InChI=1S/C41H57NO8/c1-6-35-25(2)18-19-40(50-35)23-33-22-32(49-40)17-12-27(4)37(46-20-8-10-29-13-15-31(42)16-14-29)26(3)9-7-11-30-24-47-38-36(43)28(5)21-34(39(44)48-33)41(30,38)45/h7,9,11-16,21,25-26,32-38,43,45H,6,8,10,17-20,22-24,42H2,1-5H3/b9-7+,27-12+,30-11+/t25-,26-,32+,33-,34-,35+,36+,37+,38+,40+,41+/m0/s1. The van der Waals surface area contributed by atoms with Crippen molar-refractivity contribution >= 4 is 11.7 Å². The first-order chi connectivity index (χ1) is 23.9. The number of hydrogen-bond acceptors (Lipinski definition) is 9. The van der Waals surface area contributed by atoms with Crippen molar-refractivity contribution in [2.24, 2.45) is 17.8 Å². The van der Waals surface area contributed by atoms with Crippen LogP contribution in [-0.4, -0.2) is 77.4 Å². The number of hydrogen-bond donors (Lipinski definition) is 3. The van der Waals surface area contributed by atoms with Crippen molar-refractivity contribution in [2.45, 2.75) is 134 Å². The summed E-state index contributed by atoms with van der Waals surface area (Å²) >= 11 is 0. The lowest BCUT2D eigenvalue weighted by atomic mass is 9.71. The molecule has 274 valence electrons. The number of rotatable bonds is 6. The second kappa shape index (κ2) is 15.4. The van der Waals surface area contributed by atoms with Crippen LogP contribution in [0.5, 0.6) is 0 Å². The fourth-order valence-corrected chi connectivity index (χ4v) is 8.62. The first-order valence-electron chi connectivity index (χ1n) is 18.7. The Kier molecular flexibility index (Phi) is 11.4.